The van der Waals surface area contributed by atoms with E-state index in [2.05, 4.69) is 20.8 Å². The van der Waals surface area contributed by atoms with Crippen LogP contribution < -0.4 is 11.5 Å². The van der Waals surface area contributed by atoms with E-state index in [0.717, 1.165) is 18.4 Å². The van der Waals surface area contributed by atoms with Gasteiger partial charge in [-0.2, -0.15) is 0 Å². The van der Waals surface area contributed by atoms with Crippen LogP contribution in [0, 0.1) is 23.7 Å². The summed E-state index contributed by atoms with van der Waals surface area (Å²) >= 11 is 0. The molecule has 132 valence electrons. The number of carbonyl (C=O) groups excluding carboxylic acids is 1. The minimum atomic E-state index is -0.0276. The molecule has 0 amide bonds. The first-order valence-electron chi connectivity index (χ1n) is 9.22. The van der Waals surface area contributed by atoms with E-state index >= 15 is 0 Å². The molecule has 0 spiro atoms. The van der Waals surface area contributed by atoms with Gasteiger partial charge >= 0.3 is 5.97 Å². The molecular weight excluding hydrogens is 300 g/mol. The van der Waals surface area contributed by atoms with Gasteiger partial charge < -0.3 is 16.2 Å². The number of ether oxygens (including phenoxy) is 1. The Balaban J connectivity index is 1.62. The Morgan fingerprint density at radius 2 is 1.92 bits per heavy atom. The van der Waals surface area contributed by atoms with Crippen molar-refractivity contribution in [3.63, 3.8) is 0 Å². The first kappa shape index (κ1) is 17.1. The largest absolute Gasteiger partial charge is 0.462 e. The highest BCUT2D eigenvalue weighted by molar-refractivity contribution is 5.78. The zero-order valence-corrected chi connectivity index (χ0v) is 15.0. The van der Waals surface area contributed by atoms with E-state index in [0.29, 0.717) is 29.1 Å². The van der Waals surface area contributed by atoms with E-state index in [9.17, 15) is 4.79 Å². The van der Waals surface area contributed by atoms with Gasteiger partial charge in [0.2, 0.25) is 0 Å². The van der Waals surface area contributed by atoms with Crippen LogP contribution in [0.15, 0.2) is 18.2 Å². The van der Waals surface area contributed by atoms with E-state index in [1.54, 1.807) is 0 Å². The summed E-state index contributed by atoms with van der Waals surface area (Å²) in [5.41, 5.74) is 13.9. The number of nitrogens with two attached hydrogens (primary N) is 2. The summed E-state index contributed by atoms with van der Waals surface area (Å²) in [6.07, 6.45) is 4.35. The van der Waals surface area contributed by atoms with Gasteiger partial charge in [-0.25, -0.2) is 0 Å². The van der Waals surface area contributed by atoms with Crippen LogP contribution in [0.25, 0.3) is 0 Å². The molecule has 0 saturated heterocycles. The van der Waals surface area contributed by atoms with E-state index in [1.165, 1.54) is 12.8 Å². The fraction of sp³-hybridized carbons (Fsp3) is 0.650. The molecule has 2 saturated carbocycles. The Kier molecular flexibility index (Phi) is 4.75. The lowest BCUT2D eigenvalue weighted by molar-refractivity contribution is -0.157. The fourth-order valence-corrected chi connectivity index (χ4v) is 4.13. The number of nitrogen functional groups attached to an aromatic ring is 2. The molecule has 24 heavy (non-hydrogen) atoms. The molecular formula is C20H30N2O2. The Morgan fingerprint density at radius 3 is 2.58 bits per heavy atom. The van der Waals surface area contributed by atoms with Crippen molar-refractivity contribution in [2.24, 2.45) is 23.7 Å². The summed E-state index contributed by atoms with van der Waals surface area (Å²) in [6, 6.07) is 5.69. The summed E-state index contributed by atoms with van der Waals surface area (Å²) in [7, 11) is 0. The second-order valence-corrected chi connectivity index (χ2v) is 8.14. The highest BCUT2D eigenvalue weighted by atomic mass is 16.5. The van der Waals surface area contributed by atoms with Gasteiger partial charge in [0.15, 0.2) is 0 Å². The zero-order chi connectivity index (χ0) is 17.4. The Morgan fingerprint density at radius 1 is 1.17 bits per heavy atom. The van der Waals surface area contributed by atoms with Crippen molar-refractivity contribution < 1.29 is 9.53 Å². The lowest BCUT2D eigenvalue weighted by Crippen LogP contribution is -2.36. The third kappa shape index (κ3) is 3.52. The summed E-state index contributed by atoms with van der Waals surface area (Å²) in [5, 5.41) is 0. The fourth-order valence-electron chi connectivity index (χ4n) is 4.13. The van der Waals surface area contributed by atoms with Crippen LogP contribution in [-0.4, -0.2) is 12.1 Å². The molecule has 5 atom stereocenters. The van der Waals surface area contributed by atoms with Gasteiger partial charge in [0.05, 0.1) is 17.3 Å². The highest BCUT2D eigenvalue weighted by Crippen LogP contribution is 2.49. The molecule has 3 rings (SSSR count). The van der Waals surface area contributed by atoms with E-state index < -0.39 is 0 Å². The zero-order valence-electron chi connectivity index (χ0n) is 15.0. The molecule has 0 unspecified atom stereocenters. The molecule has 1 aromatic carbocycles. The third-order valence-electron chi connectivity index (χ3n) is 5.86. The van der Waals surface area contributed by atoms with E-state index in [1.807, 2.05) is 18.2 Å². The van der Waals surface area contributed by atoms with Crippen LogP contribution in [0.5, 0.6) is 0 Å². The van der Waals surface area contributed by atoms with Gasteiger partial charge in [0.1, 0.15) is 6.10 Å². The monoisotopic (exact) mass is 330 g/mol. The lowest BCUT2D eigenvalue weighted by Gasteiger charge is -2.36. The van der Waals surface area contributed by atoms with E-state index in [4.69, 9.17) is 16.2 Å². The molecule has 4 heteroatoms. The average Bonchev–Trinajstić information content (AvgIpc) is 3.30. The molecule has 2 fully saturated rings. The predicted octanol–water partition coefficient (Wildman–Crippen LogP) is 3.96. The number of hydrogen-bond acceptors (Lipinski definition) is 4. The van der Waals surface area contributed by atoms with Gasteiger partial charge in [-0.15, -0.1) is 0 Å². The number of esters is 1. The molecule has 4 nitrogen and oxygen atoms in total. The first-order chi connectivity index (χ1) is 11.4. The number of hydrogen-bond donors (Lipinski definition) is 2. The van der Waals surface area contributed by atoms with Crippen molar-refractivity contribution in [1.29, 1.82) is 0 Å². The SMILES string of the molecule is CC(C)[C@@H]1CC[C@@H](C)C[C@H]1OC(=O)[C@@H]1C[C@H]1c1ccc(N)c(N)c1. The summed E-state index contributed by atoms with van der Waals surface area (Å²) in [4.78, 5) is 12.6. The summed E-state index contributed by atoms with van der Waals surface area (Å²) in [6.45, 7) is 6.73. The molecule has 0 radical (unpaired) electrons. The molecule has 2 aliphatic rings. The van der Waals surface area contributed by atoms with Crippen LogP contribution in [0.1, 0.15) is 57.9 Å². The number of carbonyl (C=O) groups is 1. The van der Waals surface area contributed by atoms with Gasteiger partial charge in [0.25, 0.3) is 0 Å². The van der Waals surface area contributed by atoms with Crippen molar-refractivity contribution >= 4 is 17.3 Å². The smallest absolute Gasteiger partial charge is 0.309 e. The molecule has 2 aliphatic carbocycles. The molecule has 0 aliphatic heterocycles. The Bertz CT molecular complexity index is 614. The van der Waals surface area contributed by atoms with Gasteiger partial charge in [-0.05, 0) is 60.6 Å². The van der Waals surface area contributed by atoms with Gasteiger partial charge in [-0.3, -0.25) is 4.79 Å². The van der Waals surface area contributed by atoms with Crippen LogP contribution in [0.3, 0.4) is 0 Å². The quantitative estimate of drug-likeness (QED) is 0.647. The maximum Gasteiger partial charge on any atom is 0.309 e. The van der Waals surface area contributed by atoms with Crippen molar-refractivity contribution in [3.05, 3.63) is 23.8 Å². The van der Waals surface area contributed by atoms with Gasteiger partial charge in [0, 0.05) is 0 Å². The Hall–Kier alpha value is -1.71. The van der Waals surface area contributed by atoms with Crippen LogP contribution in [-0.2, 0) is 9.53 Å². The summed E-state index contributed by atoms with van der Waals surface area (Å²) in [5.74, 6) is 1.89. The minimum Gasteiger partial charge on any atom is -0.462 e. The normalized spacial score (nSPS) is 32.6. The molecule has 1 aromatic rings. The van der Waals surface area contributed by atoms with Crippen molar-refractivity contribution in [3.8, 4) is 0 Å². The van der Waals surface area contributed by atoms with Crippen LogP contribution >= 0.6 is 0 Å². The minimum absolute atomic E-state index is 0.0157. The molecule has 0 bridgehead atoms. The van der Waals surface area contributed by atoms with Crippen molar-refractivity contribution in [2.75, 3.05) is 11.5 Å². The maximum absolute atomic E-state index is 12.6. The maximum atomic E-state index is 12.6. The standard InChI is InChI=1S/C20H30N2O2/c1-11(2)14-6-4-12(3)8-19(14)24-20(23)16-10-15(16)13-5-7-17(21)18(22)9-13/h5,7,9,11-12,14-16,19H,4,6,8,10,21-22H2,1-3H3/t12-,14+,15+,16-,19-/m1/s1. The summed E-state index contributed by atoms with van der Waals surface area (Å²) < 4.78 is 5.97. The van der Waals surface area contributed by atoms with Crippen molar-refractivity contribution in [1.82, 2.24) is 0 Å². The number of anilines is 2. The third-order valence-corrected chi connectivity index (χ3v) is 5.86. The molecule has 0 aromatic heterocycles. The molecule has 4 N–H and O–H groups in total. The van der Waals surface area contributed by atoms with Gasteiger partial charge in [-0.1, -0.05) is 33.3 Å². The topological polar surface area (TPSA) is 78.3 Å². The first-order valence-corrected chi connectivity index (χ1v) is 9.22. The predicted molar refractivity (Wildman–Crippen MR) is 97.3 cm³/mol. The molecule has 0 heterocycles. The van der Waals surface area contributed by atoms with Crippen LogP contribution in [0.2, 0.25) is 0 Å². The Labute approximate surface area is 144 Å². The number of benzene rings is 1. The highest BCUT2D eigenvalue weighted by Gasteiger charge is 2.47. The lowest BCUT2D eigenvalue weighted by atomic mass is 9.75. The second-order valence-electron chi connectivity index (χ2n) is 8.14. The number of rotatable bonds is 4. The van der Waals surface area contributed by atoms with Crippen molar-refractivity contribution in [2.45, 2.75) is 58.5 Å². The average molecular weight is 330 g/mol. The van der Waals surface area contributed by atoms with E-state index in [-0.39, 0.29) is 23.9 Å². The van der Waals surface area contributed by atoms with Crippen LogP contribution in [0.4, 0.5) is 11.4 Å². The second kappa shape index (κ2) is 6.66.